The zero-order chi connectivity index (χ0) is 21.6. The SMILES string of the molecule is Cc1ccn(-c2cccc3c2CCC3)c(=O)c1C(=O)N1CCNC(=O)C12CCCCC2. The Morgan fingerprint density at radius 3 is 2.65 bits per heavy atom. The van der Waals surface area contributed by atoms with Crippen molar-refractivity contribution in [3.63, 3.8) is 0 Å². The van der Waals surface area contributed by atoms with E-state index in [0.29, 0.717) is 31.5 Å². The van der Waals surface area contributed by atoms with Gasteiger partial charge in [0.1, 0.15) is 11.1 Å². The van der Waals surface area contributed by atoms with E-state index in [1.807, 2.05) is 25.1 Å². The third-order valence-electron chi connectivity index (χ3n) is 7.38. The largest absolute Gasteiger partial charge is 0.352 e. The van der Waals surface area contributed by atoms with Gasteiger partial charge in [0.2, 0.25) is 5.91 Å². The molecule has 1 saturated heterocycles. The van der Waals surface area contributed by atoms with Gasteiger partial charge in [-0.2, -0.15) is 0 Å². The van der Waals surface area contributed by atoms with Crippen molar-refractivity contribution in [3.8, 4) is 5.69 Å². The number of pyridine rings is 1. The topological polar surface area (TPSA) is 71.4 Å². The third-order valence-corrected chi connectivity index (χ3v) is 7.38. The molecule has 2 heterocycles. The fourth-order valence-corrected chi connectivity index (χ4v) is 5.75. The number of rotatable bonds is 2. The molecule has 1 aliphatic heterocycles. The number of fused-ring (bicyclic) bond motifs is 1. The molecule has 2 aliphatic carbocycles. The van der Waals surface area contributed by atoms with E-state index in [1.165, 1.54) is 11.1 Å². The van der Waals surface area contributed by atoms with E-state index in [4.69, 9.17) is 0 Å². The average molecular weight is 420 g/mol. The van der Waals surface area contributed by atoms with Crippen LogP contribution in [0.1, 0.15) is 65.6 Å². The molecule has 0 unspecified atom stereocenters. The normalized spacial score (nSPS) is 19.9. The Morgan fingerprint density at radius 2 is 1.84 bits per heavy atom. The van der Waals surface area contributed by atoms with E-state index in [1.54, 1.807) is 15.7 Å². The van der Waals surface area contributed by atoms with Gasteiger partial charge in [-0.3, -0.25) is 19.0 Å². The fraction of sp³-hybridized carbons (Fsp3) is 0.480. The molecule has 2 amide bonds. The average Bonchev–Trinajstić information content (AvgIpc) is 3.26. The minimum Gasteiger partial charge on any atom is -0.352 e. The Hall–Kier alpha value is -2.89. The second-order valence-electron chi connectivity index (χ2n) is 9.12. The molecule has 1 N–H and O–H groups in total. The molecule has 0 atom stereocenters. The van der Waals surface area contributed by atoms with Crippen LogP contribution in [0.15, 0.2) is 35.3 Å². The Bertz CT molecular complexity index is 1110. The number of carbonyl (C=O) groups is 2. The molecule has 2 aromatic rings. The zero-order valence-corrected chi connectivity index (χ0v) is 18.1. The first-order valence-electron chi connectivity index (χ1n) is 11.5. The predicted octanol–water partition coefficient (Wildman–Crippen LogP) is 2.91. The van der Waals surface area contributed by atoms with Crippen molar-refractivity contribution in [2.45, 2.75) is 63.8 Å². The van der Waals surface area contributed by atoms with E-state index in [-0.39, 0.29) is 22.9 Å². The van der Waals surface area contributed by atoms with Crippen molar-refractivity contribution >= 4 is 11.8 Å². The van der Waals surface area contributed by atoms with E-state index in [2.05, 4.69) is 11.4 Å². The highest BCUT2D eigenvalue weighted by molar-refractivity contribution is 6.00. The van der Waals surface area contributed by atoms with Crippen LogP contribution < -0.4 is 10.9 Å². The first-order valence-corrected chi connectivity index (χ1v) is 11.5. The van der Waals surface area contributed by atoms with Gasteiger partial charge in [-0.1, -0.05) is 31.4 Å². The molecular formula is C25H29N3O3. The third kappa shape index (κ3) is 3.11. The van der Waals surface area contributed by atoms with Crippen molar-refractivity contribution in [1.82, 2.24) is 14.8 Å². The standard InChI is InChI=1S/C25H29N3O3/c1-17-11-15-27(20-10-6-8-18-7-5-9-19(18)20)22(29)21(17)23(30)28-16-14-26-24(31)25(28)12-3-2-4-13-25/h6,8,10-11,15H,2-5,7,9,12-14,16H2,1H3,(H,26,31). The lowest BCUT2D eigenvalue weighted by molar-refractivity contribution is -0.137. The van der Waals surface area contributed by atoms with Gasteiger partial charge in [0.05, 0.1) is 5.69 Å². The summed E-state index contributed by atoms with van der Waals surface area (Å²) in [5.74, 6) is -0.372. The molecule has 162 valence electrons. The van der Waals surface area contributed by atoms with Crippen LogP contribution in [0.4, 0.5) is 0 Å². The summed E-state index contributed by atoms with van der Waals surface area (Å²) in [6.07, 6.45) is 9.09. The van der Waals surface area contributed by atoms with E-state index in [9.17, 15) is 14.4 Å². The molecule has 6 nitrogen and oxygen atoms in total. The number of hydrogen-bond donors (Lipinski definition) is 1. The number of hydrogen-bond acceptors (Lipinski definition) is 3. The number of benzene rings is 1. The highest BCUT2D eigenvalue weighted by Gasteiger charge is 2.49. The van der Waals surface area contributed by atoms with Crippen molar-refractivity contribution in [2.24, 2.45) is 0 Å². The highest BCUT2D eigenvalue weighted by Crippen LogP contribution is 2.36. The predicted molar refractivity (Wildman–Crippen MR) is 119 cm³/mol. The Kier molecular flexibility index (Phi) is 4.95. The second kappa shape index (κ2) is 7.66. The van der Waals surface area contributed by atoms with Crippen molar-refractivity contribution in [3.05, 3.63) is 63.1 Å². The van der Waals surface area contributed by atoms with Gasteiger partial charge in [0.15, 0.2) is 0 Å². The number of aryl methyl sites for hydroxylation is 2. The summed E-state index contributed by atoms with van der Waals surface area (Å²) in [6, 6.07) is 7.92. The Morgan fingerprint density at radius 1 is 1.03 bits per heavy atom. The summed E-state index contributed by atoms with van der Waals surface area (Å²) in [5.41, 5.74) is 3.11. The van der Waals surface area contributed by atoms with Gasteiger partial charge in [0, 0.05) is 19.3 Å². The molecular weight excluding hydrogens is 390 g/mol. The Labute approximate surface area is 182 Å². The molecule has 0 bridgehead atoms. The van der Waals surface area contributed by atoms with Crippen molar-refractivity contribution in [1.29, 1.82) is 0 Å². The lowest BCUT2D eigenvalue weighted by atomic mass is 9.78. The summed E-state index contributed by atoms with van der Waals surface area (Å²) in [5, 5.41) is 2.96. The number of amides is 2. The van der Waals surface area contributed by atoms with Gasteiger partial charge in [0.25, 0.3) is 11.5 Å². The van der Waals surface area contributed by atoms with Crippen LogP contribution >= 0.6 is 0 Å². The maximum absolute atomic E-state index is 13.8. The lowest BCUT2D eigenvalue weighted by Gasteiger charge is -2.48. The zero-order valence-electron chi connectivity index (χ0n) is 18.1. The van der Waals surface area contributed by atoms with Crippen LogP contribution in [-0.4, -0.2) is 39.9 Å². The maximum Gasteiger partial charge on any atom is 0.268 e. The van der Waals surface area contributed by atoms with E-state index < -0.39 is 5.54 Å². The van der Waals surface area contributed by atoms with Crippen LogP contribution in [0.2, 0.25) is 0 Å². The van der Waals surface area contributed by atoms with Crippen LogP contribution in [0.3, 0.4) is 0 Å². The van der Waals surface area contributed by atoms with Gasteiger partial charge in [-0.05, 0) is 67.9 Å². The molecule has 1 aromatic heterocycles. The van der Waals surface area contributed by atoms with Crippen LogP contribution in [0.5, 0.6) is 0 Å². The highest BCUT2D eigenvalue weighted by atomic mass is 16.2. The minimum atomic E-state index is -0.818. The number of carbonyl (C=O) groups excluding carboxylic acids is 2. The van der Waals surface area contributed by atoms with Crippen molar-refractivity contribution < 1.29 is 9.59 Å². The van der Waals surface area contributed by atoms with Gasteiger partial charge in [-0.25, -0.2) is 0 Å². The lowest BCUT2D eigenvalue weighted by Crippen LogP contribution is -2.67. The first-order chi connectivity index (χ1) is 15.0. The maximum atomic E-state index is 13.8. The van der Waals surface area contributed by atoms with Crippen LogP contribution in [-0.2, 0) is 17.6 Å². The summed E-state index contributed by atoms with van der Waals surface area (Å²) < 4.78 is 1.63. The Balaban J connectivity index is 1.60. The molecule has 3 aliphatic rings. The summed E-state index contributed by atoms with van der Waals surface area (Å²) in [4.78, 5) is 42.1. The quantitative estimate of drug-likeness (QED) is 0.814. The van der Waals surface area contributed by atoms with Crippen LogP contribution in [0, 0.1) is 6.92 Å². The molecule has 2 fully saturated rings. The molecule has 5 rings (SSSR count). The van der Waals surface area contributed by atoms with E-state index in [0.717, 1.165) is 44.2 Å². The van der Waals surface area contributed by atoms with Gasteiger partial charge < -0.3 is 10.2 Å². The number of nitrogens with zero attached hydrogens (tertiary/aromatic N) is 2. The number of aromatic nitrogens is 1. The monoisotopic (exact) mass is 419 g/mol. The summed E-state index contributed by atoms with van der Waals surface area (Å²) in [6.45, 7) is 2.68. The number of piperazine rings is 1. The minimum absolute atomic E-state index is 0.0680. The molecule has 6 heteroatoms. The van der Waals surface area contributed by atoms with Gasteiger partial charge in [-0.15, -0.1) is 0 Å². The van der Waals surface area contributed by atoms with Crippen LogP contribution in [0.25, 0.3) is 5.69 Å². The first kappa shape index (κ1) is 20.0. The summed E-state index contributed by atoms with van der Waals surface area (Å²) >= 11 is 0. The molecule has 1 aromatic carbocycles. The van der Waals surface area contributed by atoms with Gasteiger partial charge >= 0.3 is 0 Å². The molecule has 1 spiro atoms. The molecule has 0 radical (unpaired) electrons. The van der Waals surface area contributed by atoms with E-state index >= 15 is 0 Å². The van der Waals surface area contributed by atoms with Crippen molar-refractivity contribution in [2.75, 3.05) is 13.1 Å². The number of nitrogens with one attached hydrogen (secondary N) is 1. The summed E-state index contributed by atoms with van der Waals surface area (Å²) in [7, 11) is 0. The second-order valence-corrected chi connectivity index (χ2v) is 9.12. The fourth-order valence-electron chi connectivity index (χ4n) is 5.75. The molecule has 1 saturated carbocycles. The molecule has 31 heavy (non-hydrogen) atoms. The smallest absolute Gasteiger partial charge is 0.268 e.